The number of hydrogen-bond donors (Lipinski definition) is 0. The molecule has 0 N–H and O–H groups in total. The van der Waals surface area contributed by atoms with E-state index >= 15 is 0 Å². The van der Waals surface area contributed by atoms with Crippen molar-refractivity contribution in [2.75, 3.05) is 6.61 Å². The van der Waals surface area contributed by atoms with Crippen LogP contribution in [0.1, 0.15) is 36.5 Å². The van der Waals surface area contributed by atoms with Gasteiger partial charge in [0.15, 0.2) is 5.78 Å². The lowest BCUT2D eigenvalue weighted by Gasteiger charge is -2.09. The maximum atomic E-state index is 11.4. The molecule has 0 aliphatic heterocycles. The summed E-state index contributed by atoms with van der Waals surface area (Å²) >= 11 is 3.36. The Hall–Kier alpha value is -0.830. The van der Waals surface area contributed by atoms with Crippen LogP contribution in [0.4, 0.5) is 0 Å². The zero-order valence-corrected chi connectivity index (χ0v) is 10.9. The van der Waals surface area contributed by atoms with Gasteiger partial charge >= 0.3 is 0 Å². The zero-order chi connectivity index (χ0) is 11.5. The highest BCUT2D eigenvalue weighted by Crippen LogP contribution is 2.32. The molecule has 0 spiro atoms. The highest BCUT2D eigenvalue weighted by atomic mass is 79.9. The number of carbonyl (C=O) groups excluding carboxylic acids is 1. The van der Waals surface area contributed by atoms with E-state index < -0.39 is 0 Å². The molecule has 2 nitrogen and oxygen atoms in total. The van der Waals surface area contributed by atoms with Crippen molar-refractivity contribution in [2.45, 2.75) is 26.2 Å². The van der Waals surface area contributed by atoms with Gasteiger partial charge in [0.05, 0.1) is 12.2 Å². The van der Waals surface area contributed by atoms with Gasteiger partial charge in [0.2, 0.25) is 0 Å². The van der Waals surface area contributed by atoms with E-state index in [0.29, 0.717) is 17.9 Å². The topological polar surface area (TPSA) is 26.3 Å². The van der Waals surface area contributed by atoms with Gasteiger partial charge < -0.3 is 4.74 Å². The van der Waals surface area contributed by atoms with Crippen molar-refractivity contribution in [2.24, 2.45) is 5.92 Å². The fourth-order valence-corrected chi connectivity index (χ4v) is 2.01. The van der Waals surface area contributed by atoms with Gasteiger partial charge in [-0.3, -0.25) is 4.79 Å². The standard InChI is InChI=1S/C13H15BrO2/c1-9(15)12-8-11(14)4-5-13(12)16-7-6-10-2-3-10/h4-5,8,10H,2-3,6-7H2,1H3. The van der Waals surface area contributed by atoms with Crippen LogP contribution in [0.3, 0.4) is 0 Å². The van der Waals surface area contributed by atoms with Crippen LogP contribution in [0.25, 0.3) is 0 Å². The smallest absolute Gasteiger partial charge is 0.163 e. The van der Waals surface area contributed by atoms with E-state index in [1.54, 1.807) is 6.92 Å². The van der Waals surface area contributed by atoms with Crippen molar-refractivity contribution in [3.05, 3.63) is 28.2 Å². The van der Waals surface area contributed by atoms with E-state index in [2.05, 4.69) is 15.9 Å². The first kappa shape index (κ1) is 11.6. The lowest BCUT2D eigenvalue weighted by molar-refractivity contribution is 0.101. The molecule has 0 amide bonds. The third-order valence-corrected chi connectivity index (χ3v) is 3.29. The molecule has 0 unspecified atom stereocenters. The minimum Gasteiger partial charge on any atom is -0.493 e. The Kier molecular flexibility index (Phi) is 3.64. The molecule has 0 heterocycles. The second-order valence-corrected chi connectivity index (χ2v) is 5.19. The van der Waals surface area contributed by atoms with Crippen molar-refractivity contribution in [1.29, 1.82) is 0 Å². The van der Waals surface area contributed by atoms with Gasteiger partial charge in [-0.25, -0.2) is 0 Å². The summed E-state index contributed by atoms with van der Waals surface area (Å²) in [6.07, 6.45) is 3.78. The predicted molar refractivity (Wildman–Crippen MR) is 67.0 cm³/mol. The number of benzene rings is 1. The Morgan fingerprint density at radius 1 is 1.50 bits per heavy atom. The van der Waals surface area contributed by atoms with Crippen LogP contribution < -0.4 is 4.74 Å². The monoisotopic (exact) mass is 282 g/mol. The number of rotatable bonds is 5. The Bertz CT molecular complexity index is 397. The summed E-state index contributed by atoms with van der Waals surface area (Å²) in [6.45, 7) is 2.28. The van der Waals surface area contributed by atoms with Crippen molar-refractivity contribution in [3.63, 3.8) is 0 Å². The number of ether oxygens (including phenoxy) is 1. The summed E-state index contributed by atoms with van der Waals surface area (Å²) in [4.78, 5) is 11.4. The number of halogens is 1. The number of ketones is 1. The summed E-state index contributed by atoms with van der Waals surface area (Å²) < 4.78 is 6.57. The number of Topliss-reactive ketones (excluding diaryl/α,β-unsaturated/α-hetero) is 1. The molecule has 1 aromatic rings. The maximum absolute atomic E-state index is 11.4. The van der Waals surface area contributed by atoms with Crippen molar-refractivity contribution in [3.8, 4) is 5.75 Å². The second kappa shape index (κ2) is 5.00. The SMILES string of the molecule is CC(=O)c1cc(Br)ccc1OCCC1CC1. The van der Waals surface area contributed by atoms with Crippen LogP contribution in [0.5, 0.6) is 5.75 Å². The van der Waals surface area contributed by atoms with Gasteiger partial charge in [0.25, 0.3) is 0 Å². The second-order valence-electron chi connectivity index (χ2n) is 4.28. The molecule has 86 valence electrons. The molecule has 1 saturated carbocycles. The van der Waals surface area contributed by atoms with E-state index in [1.807, 2.05) is 18.2 Å². The first-order valence-corrected chi connectivity index (χ1v) is 6.39. The quantitative estimate of drug-likeness (QED) is 0.768. The van der Waals surface area contributed by atoms with Crippen LogP contribution in [0.15, 0.2) is 22.7 Å². The Morgan fingerprint density at radius 3 is 2.88 bits per heavy atom. The molecule has 2 rings (SSSR count). The van der Waals surface area contributed by atoms with Gasteiger partial charge in [-0.15, -0.1) is 0 Å². The van der Waals surface area contributed by atoms with E-state index in [0.717, 1.165) is 16.8 Å². The minimum atomic E-state index is 0.0442. The van der Waals surface area contributed by atoms with Crippen LogP contribution in [-0.2, 0) is 0 Å². The van der Waals surface area contributed by atoms with Gasteiger partial charge in [0, 0.05) is 4.47 Å². The van der Waals surface area contributed by atoms with E-state index in [9.17, 15) is 4.79 Å². The van der Waals surface area contributed by atoms with E-state index in [4.69, 9.17) is 4.74 Å². The van der Waals surface area contributed by atoms with Crippen molar-refractivity contribution < 1.29 is 9.53 Å². The van der Waals surface area contributed by atoms with Crippen molar-refractivity contribution in [1.82, 2.24) is 0 Å². The molecule has 1 fully saturated rings. The molecule has 1 aliphatic carbocycles. The lowest BCUT2D eigenvalue weighted by atomic mass is 10.1. The molecule has 0 atom stereocenters. The summed E-state index contributed by atoms with van der Waals surface area (Å²) in [7, 11) is 0. The Labute approximate surface area is 104 Å². The molecule has 0 aromatic heterocycles. The fourth-order valence-electron chi connectivity index (χ4n) is 1.65. The van der Waals surface area contributed by atoms with Crippen LogP contribution in [0.2, 0.25) is 0 Å². The molecule has 16 heavy (non-hydrogen) atoms. The molecule has 3 heteroatoms. The normalized spacial score (nSPS) is 14.9. The molecule has 0 bridgehead atoms. The summed E-state index contributed by atoms with van der Waals surface area (Å²) in [6, 6.07) is 5.57. The van der Waals surface area contributed by atoms with Gasteiger partial charge in [-0.2, -0.15) is 0 Å². The van der Waals surface area contributed by atoms with E-state index in [-0.39, 0.29) is 5.78 Å². The van der Waals surface area contributed by atoms with Crippen LogP contribution in [0, 0.1) is 5.92 Å². The first-order chi connectivity index (χ1) is 7.66. The molecule has 1 aromatic carbocycles. The lowest BCUT2D eigenvalue weighted by Crippen LogP contribution is -2.03. The largest absolute Gasteiger partial charge is 0.493 e. The third kappa shape index (κ3) is 3.08. The summed E-state index contributed by atoms with van der Waals surface area (Å²) in [5, 5.41) is 0. The van der Waals surface area contributed by atoms with Gasteiger partial charge in [-0.1, -0.05) is 28.8 Å². The average Bonchev–Trinajstić information content (AvgIpc) is 3.04. The number of carbonyl (C=O) groups is 1. The van der Waals surface area contributed by atoms with Crippen LogP contribution in [-0.4, -0.2) is 12.4 Å². The average molecular weight is 283 g/mol. The molecular formula is C13H15BrO2. The summed E-state index contributed by atoms with van der Waals surface area (Å²) in [5.74, 6) is 1.61. The highest BCUT2D eigenvalue weighted by Gasteiger charge is 2.21. The molecule has 0 radical (unpaired) electrons. The molecule has 1 aliphatic rings. The third-order valence-electron chi connectivity index (χ3n) is 2.80. The fraction of sp³-hybridized carbons (Fsp3) is 0.462. The highest BCUT2D eigenvalue weighted by molar-refractivity contribution is 9.10. The Morgan fingerprint density at radius 2 is 2.25 bits per heavy atom. The maximum Gasteiger partial charge on any atom is 0.163 e. The number of hydrogen-bond acceptors (Lipinski definition) is 2. The van der Waals surface area contributed by atoms with Gasteiger partial charge in [0.1, 0.15) is 5.75 Å². The van der Waals surface area contributed by atoms with Gasteiger partial charge in [-0.05, 0) is 37.5 Å². The van der Waals surface area contributed by atoms with E-state index in [1.165, 1.54) is 12.8 Å². The molecule has 0 saturated heterocycles. The van der Waals surface area contributed by atoms with Crippen molar-refractivity contribution >= 4 is 21.7 Å². The summed E-state index contributed by atoms with van der Waals surface area (Å²) in [5.41, 5.74) is 0.658. The minimum absolute atomic E-state index is 0.0442. The predicted octanol–water partition coefficient (Wildman–Crippen LogP) is 3.83. The zero-order valence-electron chi connectivity index (χ0n) is 9.33. The van der Waals surface area contributed by atoms with Crippen LogP contribution >= 0.6 is 15.9 Å². The Balaban J connectivity index is 2.02. The molecular weight excluding hydrogens is 268 g/mol. The first-order valence-electron chi connectivity index (χ1n) is 5.60.